The van der Waals surface area contributed by atoms with E-state index in [0.717, 1.165) is 0 Å². The predicted octanol–water partition coefficient (Wildman–Crippen LogP) is 1.94. The summed E-state index contributed by atoms with van der Waals surface area (Å²) in [5.41, 5.74) is 0.327. The molecule has 0 amide bonds. The maximum absolute atomic E-state index is 11.9. The fourth-order valence-electron chi connectivity index (χ4n) is 1.17. The molecular weight excluding hydrogens is 345 g/mol. The number of alkyl halides is 3. The quantitative estimate of drug-likeness (QED) is 0.613. The maximum atomic E-state index is 11.9. The van der Waals surface area contributed by atoms with Gasteiger partial charge in [-0.05, 0) is 17.7 Å². The molecule has 3 nitrogen and oxygen atoms in total. The average Bonchev–Trinajstić information content (AvgIpc) is 2.27. The Morgan fingerprint density at radius 2 is 1.67 bits per heavy atom. The van der Waals surface area contributed by atoms with Crippen molar-refractivity contribution in [2.75, 3.05) is 7.11 Å². The second kappa shape index (κ2) is 6.72. The normalized spacial score (nSPS) is 10.4. The zero-order valence-corrected chi connectivity index (χ0v) is 10.7. The fourth-order valence-corrected chi connectivity index (χ4v) is 1.17. The zero-order chi connectivity index (χ0) is 13.1. The molecule has 0 saturated carbocycles. The van der Waals surface area contributed by atoms with E-state index in [-0.39, 0.29) is 22.4 Å². The minimum absolute atomic E-state index is 0. The van der Waals surface area contributed by atoms with Crippen LogP contribution in [0.25, 0.3) is 0 Å². The first-order valence-electron chi connectivity index (χ1n) is 4.62. The summed E-state index contributed by atoms with van der Waals surface area (Å²) in [4.78, 5) is 21.6. The number of hydrogen-bond acceptors (Lipinski definition) is 3. The van der Waals surface area contributed by atoms with Crippen LogP contribution in [0.15, 0.2) is 24.3 Å². The molecule has 1 radical (unpaired) electrons. The molecule has 0 aliphatic carbocycles. The summed E-state index contributed by atoms with van der Waals surface area (Å²) in [5.74, 6) is -3.28. The smallest absolute Gasteiger partial charge is 0.458 e. The molecule has 0 unspecified atom stereocenters. The van der Waals surface area contributed by atoms with Gasteiger partial charge < -0.3 is 4.74 Å². The third kappa shape index (κ3) is 4.64. The van der Waals surface area contributed by atoms with Crippen molar-refractivity contribution in [1.82, 2.24) is 0 Å². The van der Waals surface area contributed by atoms with Crippen molar-refractivity contribution < 1.29 is 49.9 Å². The summed E-state index contributed by atoms with van der Waals surface area (Å²) in [5, 5.41) is 0. The molecule has 0 atom stereocenters. The van der Waals surface area contributed by atoms with Gasteiger partial charge in [0.25, 0.3) is 0 Å². The minimum Gasteiger partial charge on any atom is -0.497 e. The van der Waals surface area contributed by atoms with E-state index >= 15 is 0 Å². The molecule has 0 heterocycles. The summed E-state index contributed by atoms with van der Waals surface area (Å²) < 4.78 is 40.6. The Morgan fingerprint density at radius 3 is 2.06 bits per heavy atom. The van der Waals surface area contributed by atoms with Crippen LogP contribution in [0.2, 0.25) is 0 Å². The first-order chi connectivity index (χ1) is 7.84. The van der Waals surface area contributed by atoms with Gasteiger partial charge in [-0.1, -0.05) is 12.1 Å². The van der Waals surface area contributed by atoms with Gasteiger partial charge in [0.1, 0.15) is 5.75 Å². The Labute approximate surface area is 117 Å². The molecule has 103 valence electrons. The Balaban J connectivity index is 0.00000289. The molecule has 7 heteroatoms. The van der Waals surface area contributed by atoms with Crippen LogP contribution in [0, 0.1) is 0 Å². The molecule has 0 saturated heterocycles. The Kier molecular flexibility index (Phi) is 6.31. The van der Waals surface area contributed by atoms with Crippen molar-refractivity contribution in [2.45, 2.75) is 12.6 Å². The number of carbonyl (C=O) groups is 2. The molecule has 1 aromatic carbocycles. The van der Waals surface area contributed by atoms with E-state index in [1.54, 1.807) is 0 Å². The number of methoxy groups -OCH3 is 1. The van der Waals surface area contributed by atoms with E-state index in [9.17, 15) is 22.8 Å². The zero-order valence-electron chi connectivity index (χ0n) is 9.18. The molecule has 0 fully saturated rings. The number of rotatable bonds is 4. The van der Waals surface area contributed by atoms with Crippen LogP contribution in [0.3, 0.4) is 0 Å². The minimum atomic E-state index is -5.11. The van der Waals surface area contributed by atoms with Crippen LogP contribution in [-0.4, -0.2) is 24.9 Å². The summed E-state index contributed by atoms with van der Waals surface area (Å²) >= 11 is 0. The topological polar surface area (TPSA) is 43.4 Å². The van der Waals surface area contributed by atoms with E-state index in [1.807, 2.05) is 0 Å². The van der Waals surface area contributed by atoms with Gasteiger partial charge in [0.15, 0.2) is 0 Å². The summed E-state index contributed by atoms with van der Waals surface area (Å²) in [7, 11) is 1.44. The fraction of sp³-hybridized carbons (Fsp3) is 0.273. The Hall–Kier alpha value is -1.11. The number of hydrogen-bond donors (Lipinski definition) is 0. The van der Waals surface area contributed by atoms with E-state index in [4.69, 9.17) is 4.74 Å². The standard InChI is InChI=1S/C11H9F3O3.Ag/c1-17-8-4-2-7(3-5-8)6-9(15)10(16)11(12,13)14;/h2-5H,6H2,1H3;. The van der Waals surface area contributed by atoms with E-state index < -0.39 is 24.2 Å². The molecule has 0 N–H and O–H groups in total. The molecule has 18 heavy (non-hydrogen) atoms. The van der Waals surface area contributed by atoms with Gasteiger partial charge in [-0.3, -0.25) is 9.59 Å². The summed E-state index contributed by atoms with van der Waals surface area (Å²) in [6.07, 6.45) is -5.67. The molecule has 0 aromatic heterocycles. The SMILES string of the molecule is COc1ccc(CC(=O)C(=O)C(F)(F)F)cc1.[Ag]. The molecule has 1 aromatic rings. The van der Waals surface area contributed by atoms with Gasteiger partial charge in [0.05, 0.1) is 7.11 Å². The second-order valence-electron chi connectivity index (χ2n) is 3.27. The second-order valence-corrected chi connectivity index (χ2v) is 3.27. The molecule has 0 spiro atoms. The number of halogens is 3. The van der Waals surface area contributed by atoms with Gasteiger partial charge in [-0.2, -0.15) is 13.2 Å². The molecule has 0 aliphatic heterocycles. The van der Waals surface area contributed by atoms with Gasteiger partial charge in [0, 0.05) is 28.8 Å². The van der Waals surface area contributed by atoms with Gasteiger partial charge in [0.2, 0.25) is 5.78 Å². The molecule has 1 rings (SSSR count). The van der Waals surface area contributed by atoms with Gasteiger partial charge in [-0.15, -0.1) is 0 Å². The van der Waals surface area contributed by atoms with Gasteiger partial charge >= 0.3 is 12.0 Å². The van der Waals surface area contributed by atoms with Crippen molar-refractivity contribution >= 4 is 11.6 Å². The predicted molar refractivity (Wildman–Crippen MR) is 52.8 cm³/mol. The molecular formula is C11H9AgF3O3. The Bertz CT molecular complexity index is 426. The van der Waals surface area contributed by atoms with Crippen LogP contribution in [0.4, 0.5) is 13.2 Å². The van der Waals surface area contributed by atoms with E-state index in [1.165, 1.54) is 31.4 Å². The summed E-state index contributed by atoms with van der Waals surface area (Å²) in [6, 6.07) is 5.86. The van der Waals surface area contributed by atoms with Crippen molar-refractivity contribution in [3.05, 3.63) is 29.8 Å². The number of Topliss-reactive ketones (excluding diaryl/α,β-unsaturated/α-hetero) is 2. The number of ether oxygens (including phenoxy) is 1. The average molecular weight is 354 g/mol. The van der Waals surface area contributed by atoms with Crippen LogP contribution in [-0.2, 0) is 38.4 Å². The monoisotopic (exact) mass is 353 g/mol. The first kappa shape index (κ1) is 16.9. The van der Waals surface area contributed by atoms with Crippen molar-refractivity contribution in [2.24, 2.45) is 0 Å². The van der Waals surface area contributed by atoms with Crippen molar-refractivity contribution in [1.29, 1.82) is 0 Å². The van der Waals surface area contributed by atoms with Crippen LogP contribution in [0.5, 0.6) is 5.75 Å². The van der Waals surface area contributed by atoms with Crippen molar-refractivity contribution in [3.8, 4) is 5.75 Å². The maximum Gasteiger partial charge on any atom is 0.458 e. The third-order valence-corrected chi connectivity index (χ3v) is 2.03. The van der Waals surface area contributed by atoms with Crippen LogP contribution < -0.4 is 4.74 Å². The number of carbonyl (C=O) groups excluding carboxylic acids is 2. The van der Waals surface area contributed by atoms with Crippen molar-refractivity contribution in [3.63, 3.8) is 0 Å². The van der Waals surface area contributed by atoms with Crippen LogP contribution in [0.1, 0.15) is 5.56 Å². The first-order valence-corrected chi connectivity index (χ1v) is 4.62. The third-order valence-electron chi connectivity index (χ3n) is 2.03. The van der Waals surface area contributed by atoms with Gasteiger partial charge in [-0.25, -0.2) is 0 Å². The summed E-state index contributed by atoms with van der Waals surface area (Å²) in [6.45, 7) is 0. The number of ketones is 2. The Morgan fingerprint density at radius 1 is 1.17 bits per heavy atom. The van der Waals surface area contributed by atoms with Crippen LogP contribution >= 0.6 is 0 Å². The largest absolute Gasteiger partial charge is 0.497 e. The molecule has 0 bridgehead atoms. The van der Waals surface area contributed by atoms with E-state index in [0.29, 0.717) is 11.3 Å². The number of benzene rings is 1. The van der Waals surface area contributed by atoms with E-state index in [2.05, 4.69) is 0 Å². The molecule has 0 aliphatic rings.